The topological polar surface area (TPSA) is 57.6 Å². The van der Waals surface area contributed by atoms with Crippen molar-refractivity contribution in [2.45, 2.75) is 44.0 Å². The number of hydrogen-bond acceptors (Lipinski definition) is 3. The van der Waals surface area contributed by atoms with Crippen LogP contribution < -0.4 is 0 Å². The molecule has 0 spiro atoms. The first-order valence-corrected chi connectivity index (χ1v) is 8.61. The summed E-state index contributed by atoms with van der Waals surface area (Å²) in [6.45, 7) is 4.75. The number of piperidine rings is 1. The Kier molecular flexibility index (Phi) is 4.83. The van der Waals surface area contributed by atoms with E-state index in [1.165, 1.54) is 0 Å². The monoisotopic (exact) mass is 297 g/mol. The lowest BCUT2D eigenvalue weighted by molar-refractivity contribution is 0.218. The lowest BCUT2D eigenvalue weighted by Gasteiger charge is -2.35. The highest BCUT2D eigenvalue weighted by molar-refractivity contribution is 7.89. The van der Waals surface area contributed by atoms with Crippen LogP contribution in [0.3, 0.4) is 0 Å². The molecule has 1 saturated heterocycles. The fourth-order valence-electron chi connectivity index (χ4n) is 2.68. The van der Waals surface area contributed by atoms with Crippen molar-refractivity contribution >= 4 is 10.0 Å². The van der Waals surface area contributed by atoms with Gasteiger partial charge in [-0.2, -0.15) is 4.31 Å². The summed E-state index contributed by atoms with van der Waals surface area (Å²) in [5, 5.41) is 8.89. The first-order chi connectivity index (χ1) is 9.45. The standard InChI is InChI=1S/C15H23NO3S/c1-12-3-4-13(2)16(11-12)20(18,19)15-7-5-14(6-8-15)9-10-17/h5-8,12-13,17H,3-4,9-11H2,1-2H3. The number of nitrogens with zero attached hydrogens (tertiary/aromatic N) is 1. The summed E-state index contributed by atoms with van der Waals surface area (Å²) in [6, 6.07) is 6.91. The molecule has 0 amide bonds. The van der Waals surface area contributed by atoms with Crippen LogP contribution in [0.4, 0.5) is 0 Å². The predicted octanol–water partition coefficient (Wildman–Crippen LogP) is 2.03. The molecular weight excluding hydrogens is 274 g/mol. The molecule has 1 aliphatic rings. The zero-order valence-electron chi connectivity index (χ0n) is 12.1. The lowest BCUT2D eigenvalue weighted by Crippen LogP contribution is -2.44. The molecule has 1 N–H and O–H groups in total. The Labute approximate surface area is 121 Å². The van der Waals surface area contributed by atoms with Gasteiger partial charge in [-0.3, -0.25) is 0 Å². The van der Waals surface area contributed by atoms with E-state index in [1.54, 1.807) is 28.6 Å². The van der Waals surface area contributed by atoms with E-state index in [0.29, 0.717) is 23.8 Å². The third-order valence-corrected chi connectivity index (χ3v) is 5.99. The Morgan fingerprint density at radius 3 is 2.45 bits per heavy atom. The number of rotatable bonds is 4. The highest BCUT2D eigenvalue weighted by atomic mass is 32.2. The van der Waals surface area contributed by atoms with Crippen molar-refractivity contribution in [1.82, 2.24) is 4.31 Å². The Morgan fingerprint density at radius 1 is 1.20 bits per heavy atom. The molecule has 1 fully saturated rings. The van der Waals surface area contributed by atoms with Crippen LogP contribution >= 0.6 is 0 Å². The van der Waals surface area contributed by atoms with Crippen LogP contribution in [0.1, 0.15) is 32.3 Å². The van der Waals surface area contributed by atoms with E-state index in [0.717, 1.165) is 18.4 Å². The Bertz CT molecular complexity index is 539. The van der Waals surface area contributed by atoms with E-state index >= 15 is 0 Å². The molecule has 1 aromatic carbocycles. The van der Waals surface area contributed by atoms with Gasteiger partial charge in [0, 0.05) is 19.2 Å². The highest BCUT2D eigenvalue weighted by Gasteiger charge is 2.33. The molecule has 0 aromatic heterocycles. The van der Waals surface area contributed by atoms with Gasteiger partial charge in [0.25, 0.3) is 0 Å². The van der Waals surface area contributed by atoms with Gasteiger partial charge < -0.3 is 5.11 Å². The molecule has 2 atom stereocenters. The molecule has 1 heterocycles. The molecule has 0 saturated carbocycles. The van der Waals surface area contributed by atoms with Gasteiger partial charge in [0.15, 0.2) is 0 Å². The highest BCUT2D eigenvalue weighted by Crippen LogP contribution is 2.27. The van der Waals surface area contributed by atoms with Crippen molar-refractivity contribution in [2.24, 2.45) is 5.92 Å². The molecule has 0 aliphatic carbocycles. The van der Waals surface area contributed by atoms with E-state index in [4.69, 9.17) is 5.11 Å². The van der Waals surface area contributed by atoms with Crippen LogP contribution in [-0.4, -0.2) is 37.0 Å². The molecule has 20 heavy (non-hydrogen) atoms. The first kappa shape index (κ1) is 15.5. The summed E-state index contributed by atoms with van der Waals surface area (Å²) in [5.74, 6) is 0.412. The minimum atomic E-state index is -3.41. The second kappa shape index (κ2) is 6.24. The third-order valence-electron chi connectivity index (χ3n) is 3.99. The zero-order chi connectivity index (χ0) is 14.8. The fourth-order valence-corrected chi connectivity index (χ4v) is 4.46. The zero-order valence-corrected chi connectivity index (χ0v) is 12.9. The quantitative estimate of drug-likeness (QED) is 0.925. The van der Waals surface area contributed by atoms with Gasteiger partial charge in [0.05, 0.1) is 4.90 Å². The van der Waals surface area contributed by atoms with Gasteiger partial charge in [-0.05, 0) is 49.8 Å². The van der Waals surface area contributed by atoms with Crippen molar-refractivity contribution in [3.63, 3.8) is 0 Å². The number of benzene rings is 1. The van der Waals surface area contributed by atoms with Crippen molar-refractivity contribution in [1.29, 1.82) is 0 Å². The maximum absolute atomic E-state index is 12.7. The normalized spacial score (nSPS) is 24.8. The number of sulfonamides is 1. The van der Waals surface area contributed by atoms with Gasteiger partial charge >= 0.3 is 0 Å². The summed E-state index contributed by atoms with van der Waals surface area (Å²) in [4.78, 5) is 0.347. The smallest absolute Gasteiger partial charge is 0.243 e. The fraction of sp³-hybridized carbons (Fsp3) is 0.600. The van der Waals surface area contributed by atoms with Crippen molar-refractivity contribution in [2.75, 3.05) is 13.2 Å². The van der Waals surface area contributed by atoms with Crippen LogP contribution in [0.15, 0.2) is 29.2 Å². The van der Waals surface area contributed by atoms with Crippen LogP contribution in [0.5, 0.6) is 0 Å². The van der Waals surface area contributed by atoms with Gasteiger partial charge in [-0.25, -0.2) is 8.42 Å². The van der Waals surface area contributed by atoms with Gasteiger partial charge in [0.1, 0.15) is 0 Å². The Morgan fingerprint density at radius 2 is 1.85 bits per heavy atom. The molecular formula is C15H23NO3S. The van der Waals surface area contributed by atoms with Crippen LogP contribution in [0.2, 0.25) is 0 Å². The lowest BCUT2D eigenvalue weighted by atomic mass is 9.97. The molecule has 112 valence electrons. The summed E-state index contributed by atoms with van der Waals surface area (Å²) < 4.78 is 27.0. The van der Waals surface area contributed by atoms with Crippen molar-refractivity contribution in [3.8, 4) is 0 Å². The maximum atomic E-state index is 12.7. The molecule has 1 aliphatic heterocycles. The van der Waals surface area contributed by atoms with E-state index in [-0.39, 0.29) is 12.6 Å². The van der Waals surface area contributed by atoms with Gasteiger partial charge in [-0.15, -0.1) is 0 Å². The van der Waals surface area contributed by atoms with E-state index < -0.39 is 10.0 Å². The second-order valence-electron chi connectivity index (χ2n) is 5.72. The van der Waals surface area contributed by atoms with Crippen molar-refractivity contribution in [3.05, 3.63) is 29.8 Å². The summed E-state index contributed by atoms with van der Waals surface area (Å²) in [6.07, 6.45) is 2.56. The van der Waals surface area contributed by atoms with E-state index in [2.05, 4.69) is 6.92 Å². The van der Waals surface area contributed by atoms with Crippen LogP contribution in [-0.2, 0) is 16.4 Å². The molecule has 2 rings (SSSR count). The van der Waals surface area contributed by atoms with Crippen molar-refractivity contribution < 1.29 is 13.5 Å². The summed E-state index contributed by atoms with van der Waals surface area (Å²) in [7, 11) is -3.41. The molecule has 4 nitrogen and oxygen atoms in total. The number of hydrogen-bond donors (Lipinski definition) is 1. The molecule has 1 aromatic rings. The van der Waals surface area contributed by atoms with Crippen LogP contribution in [0, 0.1) is 5.92 Å². The molecule has 5 heteroatoms. The summed E-state index contributed by atoms with van der Waals surface area (Å²) >= 11 is 0. The average molecular weight is 297 g/mol. The van der Waals surface area contributed by atoms with E-state index in [9.17, 15) is 8.42 Å². The predicted molar refractivity (Wildman–Crippen MR) is 79.0 cm³/mol. The molecule has 2 unspecified atom stereocenters. The maximum Gasteiger partial charge on any atom is 0.243 e. The SMILES string of the molecule is CC1CCC(C)N(S(=O)(=O)c2ccc(CCO)cc2)C1. The van der Waals surface area contributed by atoms with Crippen LogP contribution in [0.25, 0.3) is 0 Å². The van der Waals surface area contributed by atoms with Gasteiger partial charge in [0.2, 0.25) is 10.0 Å². The molecule has 0 bridgehead atoms. The molecule has 0 radical (unpaired) electrons. The second-order valence-corrected chi connectivity index (χ2v) is 7.61. The third kappa shape index (κ3) is 3.22. The Balaban J connectivity index is 2.24. The largest absolute Gasteiger partial charge is 0.396 e. The summed E-state index contributed by atoms with van der Waals surface area (Å²) in [5.41, 5.74) is 0.950. The number of aliphatic hydroxyl groups is 1. The first-order valence-electron chi connectivity index (χ1n) is 7.17. The van der Waals surface area contributed by atoms with Gasteiger partial charge in [-0.1, -0.05) is 19.1 Å². The number of aliphatic hydroxyl groups excluding tert-OH is 1. The van der Waals surface area contributed by atoms with E-state index in [1.807, 2.05) is 6.92 Å². The average Bonchev–Trinajstić information content (AvgIpc) is 2.42. The minimum Gasteiger partial charge on any atom is -0.396 e. The Hall–Kier alpha value is -0.910. The minimum absolute atomic E-state index is 0.0633.